The fourth-order valence-corrected chi connectivity index (χ4v) is 5.17. The van der Waals surface area contributed by atoms with Gasteiger partial charge in [-0.3, -0.25) is 4.40 Å². The van der Waals surface area contributed by atoms with Crippen LogP contribution in [0.15, 0.2) is 36.5 Å². The maximum atomic E-state index is 9.86. The van der Waals surface area contributed by atoms with Gasteiger partial charge in [0.25, 0.3) is 0 Å². The largest absolute Gasteiger partial charge is 0.495 e. The minimum atomic E-state index is -0.356. The third-order valence-electron chi connectivity index (χ3n) is 7.22. The molecule has 7 heteroatoms. The smallest absolute Gasteiger partial charge is 0.199 e. The number of nitriles is 1. The van der Waals surface area contributed by atoms with Crippen LogP contribution in [0, 0.1) is 23.2 Å². The second kappa shape index (κ2) is 8.60. The lowest BCUT2D eigenvalue weighted by molar-refractivity contribution is 0.168. The van der Waals surface area contributed by atoms with Gasteiger partial charge in [0.2, 0.25) is 0 Å². The molecule has 1 aromatic carbocycles. The van der Waals surface area contributed by atoms with Crippen LogP contribution in [0.4, 0.5) is 0 Å². The van der Waals surface area contributed by atoms with Gasteiger partial charge in [0.15, 0.2) is 5.88 Å². The van der Waals surface area contributed by atoms with E-state index >= 15 is 0 Å². The van der Waals surface area contributed by atoms with Gasteiger partial charge in [-0.15, -0.1) is 0 Å². The molecular weight excluding hydrogens is 416 g/mol. The van der Waals surface area contributed by atoms with E-state index in [1.165, 1.54) is 19.3 Å². The number of aromatic nitrogens is 2. The number of hydrogen-bond acceptors (Lipinski definition) is 6. The molecule has 2 N–H and O–H groups in total. The van der Waals surface area contributed by atoms with E-state index in [1.54, 1.807) is 20.4 Å². The van der Waals surface area contributed by atoms with Crippen LogP contribution in [0.25, 0.3) is 16.9 Å². The van der Waals surface area contributed by atoms with Crippen LogP contribution in [-0.4, -0.2) is 35.8 Å². The summed E-state index contributed by atoms with van der Waals surface area (Å²) in [6, 6.07) is 11.7. The second-order valence-electron chi connectivity index (χ2n) is 9.36. The van der Waals surface area contributed by atoms with Gasteiger partial charge in [0.05, 0.1) is 31.6 Å². The van der Waals surface area contributed by atoms with E-state index in [2.05, 4.69) is 11.1 Å². The van der Waals surface area contributed by atoms with Crippen molar-refractivity contribution in [2.45, 2.75) is 44.1 Å². The monoisotopic (exact) mass is 446 g/mol. The van der Waals surface area contributed by atoms with Crippen molar-refractivity contribution in [2.24, 2.45) is 17.6 Å². The van der Waals surface area contributed by atoms with E-state index in [9.17, 15) is 5.26 Å². The summed E-state index contributed by atoms with van der Waals surface area (Å²) in [7, 11) is 3.19. The Morgan fingerprint density at radius 1 is 1.18 bits per heavy atom. The highest BCUT2D eigenvalue weighted by molar-refractivity contribution is 5.71. The molecule has 3 aromatic rings. The molecule has 33 heavy (non-hydrogen) atoms. The van der Waals surface area contributed by atoms with Crippen molar-refractivity contribution < 1.29 is 14.2 Å². The van der Waals surface area contributed by atoms with Gasteiger partial charge < -0.3 is 19.9 Å². The van der Waals surface area contributed by atoms with E-state index < -0.39 is 0 Å². The molecule has 0 unspecified atom stereocenters. The molecule has 2 aliphatic carbocycles. The zero-order valence-corrected chi connectivity index (χ0v) is 19.2. The molecule has 0 saturated heterocycles. The molecule has 5 rings (SSSR count). The van der Waals surface area contributed by atoms with E-state index in [1.807, 2.05) is 34.7 Å². The molecule has 2 heterocycles. The Hall–Kier alpha value is -3.24. The molecule has 2 aromatic heterocycles. The van der Waals surface area contributed by atoms with Crippen molar-refractivity contribution in [2.75, 3.05) is 20.8 Å². The Kier molecular flexibility index (Phi) is 5.63. The highest BCUT2D eigenvalue weighted by Gasteiger charge is 2.42. The number of imidazole rings is 1. The maximum absolute atomic E-state index is 9.86. The van der Waals surface area contributed by atoms with E-state index in [0.29, 0.717) is 35.5 Å². The first kappa shape index (κ1) is 21.6. The molecule has 0 radical (unpaired) electrons. The molecule has 2 aliphatic rings. The minimum absolute atomic E-state index is 0.356. The Bertz CT molecular complexity index is 1210. The number of rotatable bonds is 8. The summed E-state index contributed by atoms with van der Waals surface area (Å²) < 4.78 is 19.4. The summed E-state index contributed by atoms with van der Waals surface area (Å²) in [5, 5.41) is 9.86. The minimum Gasteiger partial charge on any atom is -0.495 e. The number of benzene rings is 1. The van der Waals surface area contributed by atoms with Crippen molar-refractivity contribution in [3.8, 4) is 34.7 Å². The second-order valence-corrected chi connectivity index (χ2v) is 9.36. The first-order chi connectivity index (χ1) is 16.1. The van der Waals surface area contributed by atoms with Crippen LogP contribution in [0.3, 0.4) is 0 Å². The van der Waals surface area contributed by atoms with Gasteiger partial charge in [0.1, 0.15) is 35.4 Å². The molecule has 2 fully saturated rings. The lowest BCUT2D eigenvalue weighted by atomic mass is 9.85. The third-order valence-corrected chi connectivity index (χ3v) is 7.22. The summed E-state index contributed by atoms with van der Waals surface area (Å²) in [6.45, 7) is 0.391. The Morgan fingerprint density at radius 2 is 2.00 bits per heavy atom. The average molecular weight is 447 g/mol. The highest BCUT2D eigenvalue weighted by Crippen LogP contribution is 2.45. The lowest BCUT2D eigenvalue weighted by Crippen LogP contribution is -2.49. The zero-order chi connectivity index (χ0) is 23.0. The lowest BCUT2D eigenvalue weighted by Gasteiger charge is -2.32. The topological polar surface area (TPSA) is 94.8 Å². The van der Waals surface area contributed by atoms with E-state index in [-0.39, 0.29) is 5.54 Å². The van der Waals surface area contributed by atoms with Crippen molar-refractivity contribution in [1.82, 2.24) is 9.38 Å². The van der Waals surface area contributed by atoms with Crippen LogP contribution in [0.2, 0.25) is 0 Å². The van der Waals surface area contributed by atoms with Crippen LogP contribution in [-0.2, 0) is 0 Å². The molecule has 7 nitrogen and oxygen atoms in total. The summed E-state index contributed by atoms with van der Waals surface area (Å²) >= 11 is 0. The highest BCUT2D eigenvalue weighted by atomic mass is 16.5. The van der Waals surface area contributed by atoms with Gasteiger partial charge in [-0.25, -0.2) is 4.98 Å². The number of nitrogens with zero attached hydrogens (tertiary/aromatic N) is 3. The number of nitrogens with two attached hydrogens (primary N) is 1. The zero-order valence-electron chi connectivity index (χ0n) is 19.2. The predicted molar refractivity (Wildman–Crippen MR) is 126 cm³/mol. The molecule has 0 bridgehead atoms. The average Bonchev–Trinajstić information content (AvgIpc) is 3.43. The number of pyridine rings is 1. The van der Waals surface area contributed by atoms with Gasteiger partial charge in [0, 0.05) is 5.56 Å². The van der Waals surface area contributed by atoms with Crippen molar-refractivity contribution in [3.63, 3.8) is 0 Å². The number of methoxy groups -OCH3 is 2. The van der Waals surface area contributed by atoms with Gasteiger partial charge in [-0.1, -0.05) is 25.3 Å². The molecule has 2 atom stereocenters. The summed E-state index contributed by atoms with van der Waals surface area (Å²) in [6.07, 6.45) is 8.88. The number of ether oxygens (including phenoxy) is 3. The normalized spacial score (nSPS) is 22.3. The van der Waals surface area contributed by atoms with Crippen LogP contribution < -0.4 is 19.9 Å². The van der Waals surface area contributed by atoms with Gasteiger partial charge in [-0.05, 0) is 55.4 Å². The third kappa shape index (κ3) is 4.00. The van der Waals surface area contributed by atoms with Crippen molar-refractivity contribution in [3.05, 3.63) is 42.1 Å². The first-order valence-corrected chi connectivity index (χ1v) is 11.6. The quantitative estimate of drug-likeness (QED) is 0.545. The summed E-state index contributed by atoms with van der Waals surface area (Å²) in [5.74, 6) is 2.92. The van der Waals surface area contributed by atoms with Crippen molar-refractivity contribution in [1.29, 1.82) is 5.26 Å². The Morgan fingerprint density at radius 3 is 2.73 bits per heavy atom. The van der Waals surface area contributed by atoms with Crippen LogP contribution >= 0.6 is 0 Å². The van der Waals surface area contributed by atoms with Crippen molar-refractivity contribution >= 4 is 5.65 Å². The number of fused-ring (bicyclic) bond motifs is 1. The summed E-state index contributed by atoms with van der Waals surface area (Å²) in [5.41, 5.74) is 9.30. The van der Waals surface area contributed by atoms with Crippen LogP contribution in [0.5, 0.6) is 17.4 Å². The molecule has 0 amide bonds. The number of hydrogen-bond donors (Lipinski definition) is 1. The Balaban J connectivity index is 1.50. The molecule has 2 saturated carbocycles. The molecule has 0 aliphatic heterocycles. The predicted octanol–water partition coefficient (Wildman–Crippen LogP) is 4.57. The van der Waals surface area contributed by atoms with E-state index in [4.69, 9.17) is 19.9 Å². The van der Waals surface area contributed by atoms with Gasteiger partial charge >= 0.3 is 0 Å². The summed E-state index contributed by atoms with van der Waals surface area (Å²) in [4.78, 5) is 4.51. The first-order valence-electron chi connectivity index (χ1n) is 11.6. The fourth-order valence-electron chi connectivity index (χ4n) is 5.17. The van der Waals surface area contributed by atoms with E-state index in [0.717, 1.165) is 42.1 Å². The fraction of sp³-hybridized carbons (Fsp3) is 0.462. The van der Waals surface area contributed by atoms with Gasteiger partial charge in [-0.2, -0.15) is 5.26 Å². The molecular formula is C26H30N4O3. The maximum Gasteiger partial charge on any atom is 0.199 e. The standard InChI is InChI=1S/C26H30N4O3/c1-31-22-12-18(21-15-29-24-6-3-7-25(32-2)30(21)24)13-23(20(22)14-27)33-16-26(28)10-4-5-19(26)11-17-8-9-17/h3,6-7,12-13,15,17,19H,4-5,8-11,16,28H2,1-2H3/t19-,26+/m0/s1. The Labute approximate surface area is 194 Å². The molecule has 172 valence electrons. The molecule has 0 spiro atoms. The SMILES string of the molecule is COc1cc(-c2cnc3cccc(OC)n23)cc(OC[C@]2(N)CCC[C@H]2CC2CC2)c1C#N. The van der Waals surface area contributed by atoms with Crippen LogP contribution in [0.1, 0.15) is 44.1 Å².